The van der Waals surface area contributed by atoms with Gasteiger partial charge in [-0.3, -0.25) is 4.99 Å². The standard InChI is InChI=1S/C18H29F2N3O3S.HI/c1-13-6-7-15(26-16(19)20)14(10-13)11-22-17(21-4)23-12-18(2,3)8-9-27(5,24)25;/h6-7,10,16H,8-9,11-12H2,1-5H3,(H2,21,22,23);1H. The zero-order valence-corrected chi connectivity index (χ0v) is 20.0. The molecule has 2 N–H and O–H groups in total. The van der Waals surface area contributed by atoms with E-state index in [4.69, 9.17) is 0 Å². The quantitative estimate of drug-likeness (QED) is 0.289. The number of rotatable bonds is 9. The van der Waals surface area contributed by atoms with Gasteiger partial charge in [0, 0.05) is 32.0 Å². The highest BCUT2D eigenvalue weighted by Crippen LogP contribution is 2.22. The molecule has 0 radical (unpaired) electrons. The van der Waals surface area contributed by atoms with Crippen molar-refractivity contribution in [3.05, 3.63) is 29.3 Å². The first-order valence-corrected chi connectivity index (χ1v) is 10.6. The number of hydrogen-bond donors (Lipinski definition) is 2. The van der Waals surface area contributed by atoms with Crippen LogP contribution in [0.4, 0.5) is 8.78 Å². The number of guanidine groups is 1. The molecule has 0 unspecified atom stereocenters. The van der Waals surface area contributed by atoms with Crippen LogP contribution in [0.5, 0.6) is 5.75 Å². The van der Waals surface area contributed by atoms with Gasteiger partial charge >= 0.3 is 6.61 Å². The third kappa shape index (κ3) is 11.0. The molecule has 0 saturated carbocycles. The van der Waals surface area contributed by atoms with Crippen molar-refractivity contribution in [3.8, 4) is 5.75 Å². The summed E-state index contributed by atoms with van der Waals surface area (Å²) in [6.07, 6.45) is 1.73. The molecule has 0 amide bonds. The van der Waals surface area contributed by atoms with Crippen LogP contribution in [0.25, 0.3) is 0 Å². The molecule has 0 aliphatic heterocycles. The van der Waals surface area contributed by atoms with Gasteiger partial charge in [-0.25, -0.2) is 8.42 Å². The van der Waals surface area contributed by atoms with Gasteiger partial charge in [0.15, 0.2) is 5.96 Å². The molecule has 1 aromatic carbocycles. The number of nitrogens with zero attached hydrogens (tertiary/aromatic N) is 1. The predicted molar refractivity (Wildman–Crippen MR) is 120 cm³/mol. The second kappa shape index (κ2) is 11.7. The summed E-state index contributed by atoms with van der Waals surface area (Å²) in [5.41, 5.74) is 1.27. The van der Waals surface area contributed by atoms with E-state index in [-0.39, 0.29) is 47.4 Å². The Morgan fingerprint density at radius 1 is 1.29 bits per heavy atom. The molecule has 162 valence electrons. The van der Waals surface area contributed by atoms with Crippen molar-refractivity contribution in [2.45, 2.75) is 40.3 Å². The van der Waals surface area contributed by atoms with Crippen LogP contribution in [0.15, 0.2) is 23.2 Å². The van der Waals surface area contributed by atoms with Crippen molar-refractivity contribution in [3.63, 3.8) is 0 Å². The first-order valence-electron chi connectivity index (χ1n) is 8.58. The SMILES string of the molecule is CN=C(NCc1cc(C)ccc1OC(F)F)NCC(C)(C)CCS(C)(=O)=O.I. The Morgan fingerprint density at radius 3 is 2.46 bits per heavy atom. The number of alkyl halides is 2. The zero-order valence-electron chi connectivity index (χ0n) is 16.9. The maximum Gasteiger partial charge on any atom is 0.387 e. The normalized spacial score (nSPS) is 12.5. The highest BCUT2D eigenvalue weighted by Gasteiger charge is 2.20. The third-order valence-electron chi connectivity index (χ3n) is 3.99. The van der Waals surface area contributed by atoms with E-state index in [2.05, 4.69) is 20.4 Å². The van der Waals surface area contributed by atoms with Gasteiger partial charge in [-0.1, -0.05) is 31.5 Å². The lowest BCUT2D eigenvalue weighted by Gasteiger charge is -2.26. The molecule has 0 aliphatic rings. The second-order valence-corrected chi connectivity index (χ2v) is 9.57. The van der Waals surface area contributed by atoms with Gasteiger partial charge in [0.05, 0.1) is 5.75 Å². The van der Waals surface area contributed by atoms with E-state index in [1.807, 2.05) is 20.8 Å². The van der Waals surface area contributed by atoms with Crippen molar-refractivity contribution < 1.29 is 21.9 Å². The molecule has 1 aromatic rings. The summed E-state index contributed by atoms with van der Waals surface area (Å²) in [5.74, 6) is 0.727. The molecule has 0 bridgehead atoms. The number of benzene rings is 1. The third-order valence-corrected chi connectivity index (χ3v) is 4.93. The Morgan fingerprint density at radius 2 is 1.93 bits per heavy atom. The lowest BCUT2D eigenvalue weighted by Crippen LogP contribution is -2.42. The maximum absolute atomic E-state index is 12.6. The van der Waals surface area contributed by atoms with Crippen LogP contribution in [-0.4, -0.2) is 46.6 Å². The molecule has 0 heterocycles. The molecule has 0 aromatic heterocycles. The van der Waals surface area contributed by atoms with Gasteiger partial charge in [0.1, 0.15) is 15.6 Å². The second-order valence-electron chi connectivity index (χ2n) is 7.31. The van der Waals surface area contributed by atoms with Crippen molar-refractivity contribution in [1.82, 2.24) is 10.6 Å². The van der Waals surface area contributed by atoms with E-state index >= 15 is 0 Å². The van der Waals surface area contributed by atoms with Crippen LogP contribution in [-0.2, 0) is 16.4 Å². The Balaban J connectivity index is 0.00000729. The van der Waals surface area contributed by atoms with Crippen molar-refractivity contribution in [2.24, 2.45) is 10.4 Å². The fourth-order valence-corrected chi connectivity index (χ4v) is 3.25. The van der Waals surface area contributed by atoms with E-state index in [1.165, 1.54) is 12.3 Å². The summed E-state index contributed by atoms with van der Waals surface area (Å²) in [7, 11) is -1.41. The predicted octanol–water partition coefficient (Wildman–Crippen LogP) is 3.34. The molecule has 0 atom stereocenters. The summed E-state index contributed by atoms with van der Waals surface area (Å²) in [4.78, 5) is 4.12. The lowest BCUT2D eigenvalue weighted by molar-refractivity contribution is -0.0504. The molecule has 28 heavy (non-hydrogen) atoms. The molecular formula is C18H30F2IN3O3S. The summed E-state index contributed by atoms with van der Waals surface area (Å²) in [6, 6.07) is 5.00. The number of aryl methyl sites for hydroxylation is 1. The van der Waals surface area contributed by atoms with Gasteiger partial charge in [-0.15, -0.1) is 24.0 Å². The van der Waals surface area contributed by atoms with E-state index in [0.717, 1.165) is 5.56 Å². The average Bonchev–Trinajstić information content (AvgIpc) is 2.54. The van der Waals surface area contributed by atoms with Gasteiger partial charge in [-0.2, -0.15) is 8.78 Å². The largest absolute Gasteiger partial charge is 0.434 e. The van der Waals surface area contributed by atoms with Crippen LogP contribution in [0.1, 0.15) is 31.4 Å². The van der Waals surface area contributed by atoms with E-state index in [0.29, 0.717) is 24.5 Å². The van der Waals surface area contributed by atoms with Gasteiger partial charge in [0.25, 0.3) is 0 Å². The molecule has 1 rings (SSSR count). The Bertz CT molecular complexity index is 756. The van der Waals surface area contributed by atoms with E-state index < -0.39 is 16.4 Å². The number of aliphatic imine (C=N–C) groups is 1. The number of ether oxygens (including phenoxy) is 1. The molecule has 0 fully saturated rings. The van der Waals surface area contributed by atoms with Gasteiger partial charge in [0.2, 0.25) is 0 Å². The lowest BCUT2D eigenvalue weighted by atomic mass is 9.90. The van der Waals surface area contributed by atoms with Crippen molar-refractivity contribution >= 4 is 39.8 Å². The number of nitrogens with one attached hydrogen (secondary N) is 2. The molecule has 10 heteroatoms. The summed E-state index contributed by atoms with van der Waals surface area (Å²) in [6.45, 7) is 3.68. The highest BCUT2D eigenvalue weighted by molar-refractivity contribution is 14.0. The first-order chi connectivity index (χ1) is 12.4. The zero-order chi connectivity index (χ0) is 20.7. The summed E-state index contributed by atoms with van der Waals surface area (Å²) in [5, 5.41) is 6.21. The fourth-order valence-electron chi connectivity index (χ4n) is 2.33. The number of hydrogen-bond acceptors (Lipinski definition) is 4. The van der Waals surface area contributed by atoms with Crippen LogP contribution in [0, 0.1) is 12.3 Å². The van der Waals surface area contributed by atoms with Crippen molar-refractivity contribution in [2.75, 3.05) is 25.6 Å². The number of halogens is 3. The summed E-state index contributed by atoms with van der Waals surface area (Å²) < 4.78 is 52.4. The Labute approximate surface area is 183 Å². The molecule has 0 saturated heterocycles. The molecule has 0 aliphatic carbocycles. The van der Waals surface area contributed by atoms with Crippen LogP contribution < -0.4 is 15.4 Å². The monoisotopic (exact) mass is 533 g/mol. The van der Waals surface area contributed by atoms with Crippen LogP contribution in [0.3, 0.4) is 0 Å². The molecule has 6 nitrogen and oxygen atoms in total. The van der Waals surface area contributed by atoms with Crippen molar-refractivity contribution in [1.29, 1.82) is 0 Å². The van der Waals surface area contributed by atoms with Crippen LogP contribution >= 0.6 is 24.0 Å². The average molecular weight is 533 g/mol. The minimum absolute atomic E-state index is 0. The summed E-state index contributed by atoms with van der Waals surface area (Å²) >= 11 is 0. The smallest absolute Gasteiger partial charge is 0.387 e. The Hall–Kier alpha value is -1.17. The van der Waals surface area contributed by atoms with E-state index in [1.54, 1.807) is 19.2 Å². The molecule has 0 spiro atoms. The fraction of sp³-hybridized carbons (Fsp3) is 0.611. The van der Waals surface area contributed by atoms with E-state index in [9.17, 15) is 17.2 Å². The minimum atomic E-state index is -3.02. The van der Waals surface area contributed by atoms with Gasteiger partial charge < -0.3 is 15.4 Å². The van der Waals surface area contributed by atoms with Crippen LogP contribution in [0.2, 0.25) is 0 Å². The number of sulfone groups is 1. The maximum atomic E-state index is 12.6. The highest BCUT2D eigenvalue weighted by atomic mass is 127. The van der Waals surface area contributed by atoms with Gasteiger partial charge in [-0.05, 0) is 24.8 Å². The first kappa shape index (κ1) is 26.8. The molecular weight excluding hydrogens is 503 g/mol. The minimum Gasteiger partial charge on any atom is -0.434 e. The topological polar surface area (TPSA) is 79.8 Å². The Kier molecular flexibility index (Phi) is 11.2.